The number of nitrogens with two attached hydrogens (primary N) is 1. The van der Waals surface area contributed by atoms with Gasteiger partial charge in [0.25, 0.3) is 0 Å². The van der Waals surface area contributed by atoms with E-state index in [-0.39, 0.29) is 5.69 Å². The van der Waals surface area contributed by atoms with Crippen molar-refractivity contribution in [1.82, 2.24) is 9.62 Å². The largest absolute Gasteiger partial charge is 0.399 e. The highest BCUT2D eigenvalue weighted by atomic mass is 35.5. The van der Waals surface area contributed by atoms with Crippen LogP contribution in [0.5, 0.6) is 0 Å². The molecule has 1 aromatic rings. The summed E-state index contributed by atoms with van der Waals surface area (Å²) < 4.78 is 38.9. The summed E-state index contributed by atoms with van der Waals surface area (Å²) in [4.78, 5) is 21.6. The first-order valence-electron chi connectivity index (χ1n) is 5.29. The minimum atomic E-state index is -4.39. The number of nitrogen functional groups attached to an aromatic ring is 1. The van der Waals surface area contributed by atoms with E-state index in [0.717, 1.165) is 12.1 Å². The van der Waals surface area contributed by atoms with Crippen LogP contribution in [0.15, 0.2) is 17.0 Å². The van der Waals surface area contributed by atoms with Crippen LogP contribution in [-0.4, -0.2) is 37.6 Å². The van der Waals surface area contributed by atoms with Crippen LogP contribution in [-0.2, 0) is 19.6 Å². The van der Waals surface area contributed by atoms with Crippen LogP contribution in [0.25, 0.3) is 0 Å². The van der Waals surface area contributed by atoms with E-state index in [1.807, 2.05) is 5.32 Å². The maximum atomic E-state index is 13.8. The number of anilines is 1. The average Bonchev–Trinajstić information content (AvgIpc) is 2.32. The normalized spacial score (nSPS) is 17.1. The number of rotatable bonds is 2. The Kier molecular flexibility index (Phi) is 3.67. The van der Waals surface area contributed by atoms with Gasteiger partial charge in [0.2, 0.25) is 21.8 Å². The number of carbonyl (C=O) groups excluding carboxylic acids is 2. The molecule has 20 heavy (non-hydrogen) atoms. The lowest BCUT2D eigenvalue weighted by Crippen LogP contribution is -2.53. The first-order chi connectivity index (χ1) is 9.21. The summed E-state index contributed by atoms with van der Waals surface area (Å²) in [6.07, 6.45) is 0. The zero-order valence-corrected chi connectivity index (χ0v) is 11.5. The highest BCUT2D eigenvalue weighted by Gasteiger charge is 2.35. The molecule has 0 unspecified atom stereocenters. The van der Waals surface area contributed by atoms with Gasteiger partial charge in [-0.15, -0.1) is 0 Å². The fourth-order valence-corrected chi connectivity index (χ4v) is 3.45. The van der Waals surface area contributed by atoms with Gasteiger partial charge < -0.3 is 5.73 Å². The molecule has 0 bridgehead atoms. The van der Waals surface area contributed by atoms with Crippen molar-refractivity contribution in [2.24, 2.45) is 0 Å². The Labute approximate surface area is 118 Å². The van der Waals surface area contributed by atoms with Crippen LogP contribution in [0.3, 0.4) is 0 Å². The molecule has 10 heteroatoms. The van der Waals surface area contributed by atoms with Crippen LogP contribution >= 0.6 is 11.6 Å². The fourth-order valence-electron chi connectivity index (χ4n) is 1.69. The van der Waals surface area contributed by atoms with E-state index < -0.39 is 50.7 Å². The number of carbonyl (C=O) groups is 2. The first-order valence-corrected chi connectivity index (χ1v) is 7.11. The number of benzene rings is 1. The standard InChI is InChI=1S/C10H9ClFN3O4S/c11-6-1-5(13)2-7(10(6)12)20(18,19)15-3-8(16)14-9(17)4-15/h1-2H,3-4,13H2,(H,14,16,17). The van der Waals surface area contributed by atoms with Crippen LogP contribution in [0, 0.1) is 5.82 Å². The number of piperazine rings is 1. The van der Waals surface area contributed by atoms with Gasteiger partial charge in [0.05, 0.1) is 18.1 Å². The van der Waals surface area contributed by atoms with Crippen molar-refractivity contribution in [3.63, 3.8) is 0 Å². The van der Waals surface area contributed by atoms with Crippen molar-refractivity contribution in [2.45, 2.75) is 4.90 Å². The molecule has 7 nitrogen and oxygen atoms in total. The number of nitrogens with zero attached hydrogens (tertiary/aromatic N) is 1. The predicted octanol–water partition coefficient (Wildman–Crippen LogP) is -0.292. The van der Waals surface area contributed by atoms with E-state index in [9.17, 15) is 22.4 Å². The van der Waals surface area contributed by atoms with Gasteiger partial charge >= 0.3 is 0 Å². The molecule has 2 amide bonds. The summed E-state index contributed by atoms with van der Waals surface area (Å²) in [7, 11) is -4.39. The smallest absolute Gasteiger partial charge is 0.247 e. The third-order valence-electron chi connectivity index (χ3n) is 2.55. The van der Waals surface area contributed by atoms with Gasteiger partial charge in [-0.25, -0.2) is 12.8 Å². The lowest BCUT2D eigenvalue weighted by molar-refractivity contribution is -0.134. The lowest BCUT2D eigenvalue weighted by atomic mass is 10.3. The minimum Gasteiger partial charge on any atom is -0.399 e. The van der Waals surface area contributed by atoms with E-state index in [1.54, 1.807) is 0 Å². The van der Waals surface area contributed by atoms with E-state index in [2.05, 4.69) is 0 Å². The maximum absolute atomic E-state index is 13.8. The fraction of sp³-hybridized carbons (Fsp3) is 0.200. The van der Waals surface area contributed by atoms with Crippen LogP contribution in [0.2, 0.25) is 5.02 Å². The van der Waals surface area contributed by atoms with Gasteiger partial charge in [0, 0.05) is 5.69 Å². The van der Waals surface area contributed by atoms with Gasteiger partial charge in [-0.05, 0) is 12.1 Å². The van der Waals surface area contributed by atoms with Crippen molar-refractivity contribution in [3.8, 4) is 0 Å². The molecule has 1 aliphatic heterocycles. The molecule has 0 spiro atoms. The highest BCUT2D eigenvalue weighted by molar-refractivity contribution is 7.89. The maximum Gasteiger partial charge on any atom is 0.247 e. The molecule has 1 saturated heterocycles. The summed E-state index contributed by atoms with van der Waals surface area (Å²) in [5.41, 5.74) is 5.38. The van der Waals surface area contributed by atoms with E-state index >= 15 is 0 Å². The van der Waals surface area contributed by atoms with E-state index in [4.69, 9.17) is 17.3 Å². The van der Waals surface area contributed by atoms with Gasteiger partial charge in [0.1, 0.15) is 4.90 Å². The van der Waals surface area contributed by atoms with Crippen molar-refractivity contribution < 1.29 is 22.4 Å². The van der Waals surface area contributed by atoms with E-state index in [1.165, 1.54) is 0 Å². The number of sulfonamides is 1. The number of imide groups is 1. The number of nitrogens with one attached hydrogen (secondary N) is 1. The van der Waals surface area contributed by atoms with Crippen molar-refractivity contribution in [1.29, 1.82) is 0 Å². The topological polar surface area (TPSA) is 110 Å². The van der Waals surface area contributed by atoms with Crippen molar-refractivity contribution in [2.75, 3.05) is 18.8 Å². The Morgan fingerprint density at radius 2 is 1.80 bits per heavy atom. The lowest BCUT2D eigenvalue weighted by Gasteiger charge is -2.25. The molecule has 3 N–H and O–H groups in total. The third kappa shape index (κ3) is 2.60. The van der Waals surface area contributed by atoms with Crippen LogP contribution in [0.1, 0.15) is 0 Å². The average molecular weight is 322 g/mol. The molecular weight excluding hydrogens is 313 g/mol. The van der Waals surface area contributed by atoms with Crippen molar-refractivity contribution >= 4 is 39.1 Å². The zero-order chi connectivity index (χ0) is 15.1. The third-order valence-corrected chi connectivity index (χ3v) is 4.62. The number of hydrogen-bond acceptors (Lipinski definition) is 5. The molecule has 0 saturated carbocycles. The second kappa shape index (κ2) is 5.00. The van der Waals surface area contributed by atoms with Crippen LogP contribution < -0.4 is 11.1 Å². The summed E-state index contributed by atoms with van der Waals surface area (Å²) in [6, 6.07) is 1.94. The Balaban J connectivity index is 2.50. The second-order valence-electron chi connectivity index (χ2n) is 4.06. The molecule has 0 aliphatic carbocycles. The zero-order valence-electron chi connectivity index (χ0n) is 9.89. The van der Waals surface area contributed by atoms with Gasteiger partial charge in [-0.1, -0.05) is 11.6 Å². The molecule has 2 rings (SSSR count). The Bertz CT molecular complexity index is 691. The van der Waals surface area contributed by atoms with Crippen LogP contribution in [0.4, 0.5) is 10.1 Å². The SMILES string of the molecule is Nc1cc(Cl)c(F)c(S(=O)(=O)N2CC(=O)NC(=O)C2)c1. The van der Waals surface area contributed by atoms with E-state index in [0.29, 0.717) is 4.31 Å². The summed E-state index contributed by atoms with van der Waals surface area (Å²) in [5.74, 6) is -2.76. The Hall–Kier alpha value is -1.71. The Morgan fingerprint density at radius 1 is 1.25 bits per heavy atom. The van der Waals surface area contributed by atoms with Gasteiger partial charge in [-0.2, -0.15) is 4.31 Å². The number of amides is 2. The molecular formula is C10H9ClFN3O4S. The Morgan fingerprint density at radius 3 is 2.35 bits per heavy atom. The van der Waals surface area contributed by atoms with Crippen molar-refractivity contribution in [3.05, 3.63) is 23.0 Å². The molecule has 0 radical (unpaired) electrons. The second-order valence-corrected chi connectivity index (χ2v) is 6.37. The number of hydrogen-bond donors (Lipinski definition) is 2. The molecule has 1 aliphatic rings. The number of halogens is 2. The molecule has 1 aromatic carbocycles. The van der Waals surface area contributed by atoms with Gasteiger partial charge in [-0.3, -0.25) is 14.9 Å². The monoisotopic (exact) mass is 321 g/mol. The molecule has 108 valence electrons. The molecule has 0 aromatic heterocycles. The predicted molar refractivity (Wildman–Crippen MR) is 67.7 cm³/mol. The molecule has 1 heterocycles. The quantitative estimate of drug-likeness (QED) is 0.574. The molecule has 1 fully saturated rings. The highest BCUT2D eigenvalue weighted by Crippen LogP contribution is 2.28. The minimum absolute atomic E-state index is 0.0530. The first kappa shape index (κ1) is 14.7. The summed E-state index contributed by atoms with van der Waals surface area (Å²) in [5, 5.41) is 1.48. The summed E-state index contributed by atoms with van der Waals surface area (Å²) >= 11 is 5.54. The van der Waals surface area contributed by atoms with Gasteiger partial charge in [0.15, 0.2) is 5.82 Å². The summed E-state index contributed by atoms with van der Waals surface area (Å²) in [6.45, 7) is -1.17. The molecule has 0 atom stereocenters.